The second-order valence-electron chi connectivity index (χ2n) is 7.46. The van der Waals surface area contributed by atoms with Crippen LogP contribution in [0.15, 0.2) is 77.2 Å². The number of hydrogen-bond donors (Lipinski definition) is 0. The van der Waals surface area contributed by atoms with Crippen molar-refractivity contribution in [2.24, 2.45) is 10.2 Å². The minimum Gasteiger partial charge on any atom is -0.492 e. The van der Waals surface area contributed by atoms with Crippen molar-refractivity contribution in [1.29, 1.82) is 0 Å². The van der Waals surface area contributed by atoms with Crippen molar-refractivity contribution >= 4 is 44.4 Å². The van der Waals surface area contributed by atoms with E-state index in [4.69, 9.17) is 9.47 Å². The highest BCUT2D eigenvalue weighted by Crippen LogP contribution is 2.42. The topological polar surface area (TPSA) is 150 Å². The number of azo groups is 1. The minimum absolute atomic E-state index is 0.120. The van der Waals surface area contributed by atoms with Crippen LogP contribution in [0.5, 0.6) is 0 Å². The molecule has 12 nitrogen and oxygen atoms in total. The van der Waals surface area contributed by atoms with Crippen LogP contribution in [0, 0.1) is 20.2 Å². The lowest BCUT2D eigenvalue weighted by Gasteiger charge is -2.25. The van der Waals surface area contributed by atoms with Crippen molar-refractivity contribution < 1.29 is 24.1 Å². The van der Waals surface area contributed by atoms with Crippen molar-refractivity contribution in [3.8, 4) is 0 Å². The number of anilines is 1. The zero-order valence-electron chi connectivity index (χ0n) is 19.8. The first-order chi connectivity index (χ1) is 17.0. The van der Waals surface area contributed by atoms with Crippen LogP contribution >= 0.6 is 11.3 Å². The van der Waals surface area contributed by atoms with E-state index in [9.17, 15) is 25.0 Å². The van der Waals surface area contributed by atoms with E-state index >= 15 is 0 Å². The van der Waals surface area contributed by atoms with Gasteiger partial charge in [0, 0.05) is 11.3 Å². The maximum atomic E-state index is 11.7. The highest BCUT2D eigenvalue weighted by Gasteiger charge is 2.25. The summed E-state index contributed by atoms with van der Waals surface area (Å²) < 4.78 is 10.8. The molecule has 13 heteroatoms. The number of benzene rings is 1. The molecule has 1 heterocycles. The molecular formula is C23H25N5O7S. The van der Waals surface area contributed by atoms with E-state index in [1.165, 1.54) is 0 Å². The summed E-state index contributed by atoms with van der Waals surface area (Å²) in [6.07, 6.45) is 0. The molecule has 2 aromatic rings. The Morgan fingerprint density at radius 2 is 1.58 bits per heavy atom. The lowest BCUT2D eigenvalue weighted by atomic mass is 10.2. The SMILES string of the molecule is C=C(C)C(=C)OCCN(CCOC(=O)C(=C)C)c1ccc(/N=N/c2sc([N+](=O)[O-])cc2[N+](=O)[O-])cc1. The molecule has 0 amide bonds. The molecule has 0 aliphatic heterocycles. The van der Waals surface area contributed by atoms with Crippen molar-refractivity contribution in [1.82, 2.24) is 0 Å². The second kappa shape index (κ2) is 12.9. The summed E-state index contributed by atoms with van der Waals surface area (Å²) >= 11 is 0.566. The predicted molar refractivity (Wildman–Crippen MR) is 136 cm³/mol. The number of thiophene rings is 1. The van der Waals surface area contributed by atoms with Crippen LogP contribution < -0.4 is 4.90 Å². The van der Waals surface area contributed by atoms with Crippen molar-refractivity contribution in [3.05, 3.63) is 87.2 Å². The van der Waals surface area contributed by atoms with E-state index in [1.54, 1.807) is 38.1 Å². The van der Waals surface area contributed by atoms with Gasteiger partial charge in [0.1, 0.15) is 25.0 Å². The number of rotatable bonds is 14. The van der Waals surface area contributed by atoms with Gasteiger partial charge in [-0.1, -0.05) is 19.7 Å². The van der Waals surface area contributed by atoms with Crippen LogP contribution in [-0.4, -0.2) is 42.1 Å². The number of ether oxygens (including phenoxy) is 2. The van der Waals surface area contributed by atoms with Crippen LogP contribution in [0.1, 0.15) is 13.8 Å². The molecule has 190 valence electrons. The minimum atomic E-state index is -0.746. The molecule has 0 bridgehead atoms. The smallest absolute Gasteiger partial charge is 0.333 e. The first-order valence-corrected chi connectivity index (χ1v) is 11.3. The Hall–Kier alpha value is -4.39. The van der Waals surface area contributed by atoms with Crippen molar-refractivity contribution in [2.45, 2.75) is 13.8 Å². The normalized spacial score (nSPS) is 10.6. The van der Waals surface area contributed by atoms with Crippen LogP contribution in [0.25, 0.3) is 0 Å². The molecule has 2 rings (SSSR count). The van der Waals surface area contributed by atoms with Gasteiger partial charge in [-0.15, -0.1) is 10.2 Å². The van der Waals surface area contributed by atoms with Crippen LogP contribution in [0.3, 0.4) is 0 Å². The number of nitro groups is 2. The summed E-state index contributed by atoms with van der Waals surface area (Å²) in [5.41, 5.74) is 1.67. The number of nitrogens with zero attached hydrogens (tertiary/aromatic N) is 5. The highest BCUT2D eigenvalue weighted by molar-refractivity contribution is 7.19. The zero-order valence-corrected chi connectivity index (χ0v) is 20.7. The standard InChI is InChI=1S/C23H25N5O7S/c1-15(2)17(5)34-12-10-26(11-13-35-23(29)16(3)4)19-8-6-18(7-9-19)24-25-22-20(27(30)31)14-21(36-22)28(32)33/h6-9,14H,1,3,5,10-13H2,2,4H3/b25-24+. The average Bonchev–Trinajstić information content (AvgIpc) is 3.27. The fourth-order valence-electron chi connectivity index (χ4n) is 2.63. The van der Waals surface area contributed by atoms with Gasteiger partial charge in [0.2, 0.25) is 5.00 Å². The summed E-state index contributed by atoms with van der Waals surface area (Å²) in [7, 11) is 0. The van der Waals surface area contributed by atoms with E-state index in [0.29, 0.717) is 53.6 Å². The molecule has 0 saturated heterocycles. The first-order valence-electron chi connectivity index (χ1n) is 10.5. The van der Waals surface area contributed by atoms with Crippen LogP contribution in [-0.2, 0) is 14.3 Å². The number of hydrogen-bond acceptors (Lipinski definition) is 11. The fourth-order valence-corrected chi connectivity index (χ4v) is 3.39. The Balaban J connectivity index is 2.15. The van der Waals surface area contributed by atoms with Gasteiger partial charge in [-0.25, -0.2) is 4.79 Å². The van der Waals surface area contributed by atoms with Gasteiger partial charge in [0.25, 0.3) is 0 Å². The third kappa shape index (κ3) is 8.13. The second-order valence-corrected chi connectivity index (χ2v) is 8.47. The molecule has 0 radical (unpaired) electrons. The Morgan fingerprint density at radius 3 is 2.11 bits per heavy atom. The monoisotopic (exact) mass is 515 g/mol. The third-order valence-electron chi connectivity index (χ3n) is 4.58. The number of esters is 1. The van der Waals surface area contributed by atoms with E-state index < -0.39 is 26.5 Å². The van der Waals surface area contributed by atoms with Gasteiger partial charge in [0.15, 0.2) is 0 Å². The van der Waals surface area contributed by atoms with E-state index in [-0.39, 0.29) is 11.6 Å². The summed E-state index contributed by atoms with van der Waals surface area (Å²) in [5, 5.41) is 29.3. The molecule has 1 aromatic carbocycles. The lowest BCUT2D eigenvalue weighted by molar-refractivity contribution is -0.389. The maximum Gasteiger partial charge on any atom is 0.333 e. The molecule has 0 aliphatic rings. The third-order valence-corrected chi connectivity index (χ3v) is 5.54. The van der Waals surface area contributed by atoms with Crippen LogP contribution in [0.2, 0.25) is 0 Å². The van der Waals surface area contributed by atoms with E-state index in [1.807, 2.05) is 4.90 Å². The van der Waals surface area contributed by atoms with Gasteiger partial charge >= 0.3 is 16.7 Å². The van der Waals surface area contributed by atoms with Crippen molar-refractivity contribution in [3.63, 3.8) is 0 Å². The molecule has 0 fully saturated rings. The lowest BCUT2D eigenvalue weighted by Crippen LogP contribution is -2.31. The molecule has 1 aromatic heterocycles. The summed E-state index contributed by atoms with van der Waals surface area (Å²) in [6, 6.07) is 7.60. The molecule has 0 N–H and O–H groups in total. The summed E-state index contributed by atoms with van der Waals surface area (Å²) in [5.74, 6) is -0.0112. The van der Waals surface area contributed by atoms with E-state index in [0.717, 1.165) is 11.8 Å². The number of allylic oxidation sites excluding steroid dienone is 1. The molecule has 0 saturated carbocycles. The fraction of sp³-hybridized carbons (Fsp3) is 0.261. The molecular weight excluding hydrogens is 490 g/mol. The quantitative estimate of drug-likeness (QED) is 0.0564. The Morgan fingerprint density at radius 1 is 0.972 bits per heavy atom. The Bertz CT molecular complexity index is 1170. The van der Waals surface area contributed by atoms with Gasteiger partial charge in [0.05, 0.1) is 28.6 Å². The van der Waals surface area contributed by atoms with Crippen molar-refractivity contribution in [2.75, 3.05) is 31.2 Å². The first kappa shape index (κ1) is 27.9. The number of carbonyl (C=O) groups excluding carboxylic acids is 1. The summed E-state index contributed by atoms with van der Waals surface area (Å²) in [4.78, 5) is 34.2. The largest absolute Gasteiger partial charge is 0.492 e. The highest BCUT2D eigenvalue weighted by atomic mass is 32.1. The van der Waals surface area contributed by atoms with Gasteiger partial charge < -0.3 is 14.4 Å². The van der Waals surface area contributed by atoms with Gasteiger partial charge in [-0.05, 0) is 55.0 Å². The zero-order chi connectivity index (χ0) is 26.8. The van der Waals surface area contributed by atoms with Gasteiger partial charge in [-0.3, -0.25) is 20.2 Å². The predicted octanol–water partition coefficient (Wildman–Crippen LogP) is 6.01. The Labute approximate surface area is 211 Å². The van der Waals surface area contributed by atoms with E-state index in [2.05, 4.69) is 30.0 Å². The molecule has 0 spiro atoms. The average molecular weight is 516 g/mol. The molecule has 36 heavy (non-hydrogen) atoms. The number of carbonyl (C=O) groups is 1. The summed E-state index contributed by atoms with van der Waals surface area (Å²) in [6.45, 7) is 15.7. The Kier molecular flexibility index (Phi) is 9.98. The van der Waals surface area contributed by atoms with Gasteiger partial charge in [-0.2, -0.15) is 0 Å². The molecule has 0 aliphatic carbocycles. The molecule has 0 unspecified atom stereocenters. The molecule has 0 atom stereocenters. The maximum absolute atomic E-state index is 11.7. The van der Waals surface area contributed by atoms with Crippen LogP contribution in [0.4, 0.5) is 27.1 Å².